The lowest BCUT2D eigenvalue weighted by Gasteiger charge is -2.60. The van der Waals surface area contributed by atoms with E-state index >= 15 is 0 Å². The molecule has 0 aromatic heterocycles. The van der Waals surface area contributed by atoms with Gasteiger partial charge in [0.05, 0.1) is 79.3 Å². The van der Waals surface area contributed by atoms with Gasteiger partial charge in [0.25, 0.3) is 0 Å². The lowest BCUT2D eigenvalue weighted by Crippen LogP contribution is -2.53. The van der Waals surface area contributed by atoms with Crippen molar-refractivity contribution in [1.29, 1.82) is 0 Å². The number of ketones is 1. The first-order valence-corrected chi connectivity index (χ1v) is 48.3. The summed E-state index contributed by atoms with van der Waals surface area (Å²) in [6.07, 6.45) is 40.5. The van der Waals surface area contributed by atoms with Crippen LogP contribution in [0.4, 0.5) is 0 Å². The van der Waals surface area contributed by atoms with E-state index in [2.05, 4.69) is 145 Å². The van der Waals surface area contributed by atoms with Gasteiger partial charge in [-0.2, -0.15) is 0 Å². The molecule has 2 bridgehead atoms. The molecule has 0 saturated heterocycles. The first kappa shape index (κ1) is 105. The molecule has 22 atom stereocenters. The Morgan fingerprint density at radius 3 is 1.53 bits per heavy atom. The first-order valence-electron chi connectivity index (χ1n) is 48.3. The van der Waals surface area contributed by atoms with Crippen molar-refractivity contribution < 1.29 is 57.0 Å². The minimum absolute atomic E-state index is 0.228. The fraction of sp³-hybridized carbons (Fsp3) is 0.961. The summed E-state index contributed by atoms with van der Waals surface area (Å²) < 4.78 is 50.6. The Morgan fingerprint density at radius 2 is 1.02 bits per heavy atom. The van der Waals surface area contributed by atoms with Gasteiger partial charge in [0, 0.05) is 85.3 Å². The Kier molecular flexibility index (Phi) is 48.6. The zero-order valence-electron chi connectivity index (χ0n) is 80.5. The van der Waals surface area contributed by atoms with E-state index in [1.54, 1.807) is 21.3 Å². The highest BCUT2D eigenvalue weighted by atomic mass is 16.5. The van der Waals surface area contributed by atoms with Gasteiger partial charge >= 0.3 is 5.97 Å². The number of fused-ring (bicyclic) bond motifs is 12. The summed E-state index contributed by atoms with van der Waals surface area (Å²) in [6, 6.07) is 0. The van der Waals surface area contributed by atoms with E-state index in [0.29, 0.717) is 115 Å². The zero-order valence-corrected chi connectivity index (χ0v) is 80.5. The van der Waals surface area contributed by atoms with E-state index in [1.807, 2.05) is 33.3 Å². The topological polar surface area (TPSA) is 126 Å². The smallest absolute Gasteiger partial charge is 0.302 e. The average molecular weight is 1610 g/mol. The molecule has 10 fully saturated rings. The van der Waals surface area contributed by atoms with Crippen molar-refractivity contribution in [2.45, 2.75) is 346 Å². The number of allylic oxidation sites excluding steroid dienone is 2. The number of carbonyl (C=O) groups excluding carboxylic acids is 2. The van der Waals surface area contributed by atoms with Crippen LogP contribution in [0.1, 0.15) is 346 Å². The molecule has 0 aromatic carbocycles. The molecule has 11 aliphatic carbocycles. The lowest BCUT2D eigenvalue weighted by molar-refractivity contribution is -0.142. The summed E-state index contributed by atoms with van der Waals surface area (Å²) in [7, 11) is 5.01. The first-order chi connectivity index (χ1) is 54.0. The van der Waals surface area contributed by atoms with Crippen LogP contribution < -0.4 is 0 Å². The Labute approximate surface area is 706 Å². The number of carbonyl (C=O) groups is 2. The minimum atomic E-state index is -0.228. The fourth-order valence-corrected chi connectivity index (χ4v) is 25.1. The van der Waals surface area contributed by atoms with Crippen LogP contribution in [0.5, 0.6) is 0 Å². The van der Waals surface area contributed by atoms with Gasteiger partial charge in [0.15, 0.2) is 0 Å². The summed E-state index contributed by atoms with van der Waals surface area (Å²) in [5.74, 6) is 18.7. The predicted octanol–water partition coefficient (Wildman–Crippen LogP) is 26.0. The van der Waals surface area contributed by atoms with Crippen LogP contribution in [0, 0.1) is 157 Å². The highest BCUT2D eigenvalue weighted by Gasteiger charge is 2.62. The van der Waals surface area contributed by atoms with E-state index in [4.69, 9.17) is 47.4 Å². The number of Topliss-reactive ketones (excluding diaryl/α,β-unsaturated/α-hetero) is 1. The normalized spacial score (nSPS) is 35.0. The summed E-state index contributed by atoms with van der Waals surface area (Å²) >= 11 is 0. The fourth-order valence-electron chi connectivity index (χ4n) is 25.1. The Morgan fingerprint density at radius 1 is 0.474 bits per heavy atom. The second-order valence-electron chi connectivity index (χ2n) is 42.2. The number of hydrogen-bond acceptors (Lipinski definition) is 12. The third-order valence-electron chi connectivity index (χ3n) is 32.9. The number of methoxy groups -OCH3 is 3. The number of esters is 1. The highest BCUT2D eigenvalue weighted by Crippen LogP contribution is 2.70. The second kappa shape index (κ2) is 52.9. The van der Waals surface area contributed by atoms with Crippen LogP contribution in [-0.4, -0.2) is 139 Å². The average Bonchev–Trinajstić information content (AvgIpc) is 1.35. The van der Waals surface area contributed by atoms with Crippen molar-refractivity contribution in [2.24, 2.45) is 157 Å². The van der Waals surface area contributed by atoms with E-state index in [0.717, 1.165) is 173 Å². The van der Waals surface area contributed by atoms with Gasteiger partial charge in [-0.25, -0.2) is 0 Å². The summed E-state index contributed by atoms with van der Waals surface area (Å²) in [5.41, 5.74) is 5.48. The van der Waals surface area contributed by atoms with Crippen molar-refractivity contribution in [2.75, 3.05) is 127 Å². The maximum Gasteiger partial charge on any atom is 0.302 e. The molecular weight excluding hydrogens is 1420 g/mol. The SMILES string of the molecule is CC(C)CCC[C@@H](C)[C@H]1CC[C@H]2[C@@H]3CC=C4CC(C)CC[C@]4(C)[C@H]3CC[C@]12C.CC(C)[C@@H]1CC[C@@H](C)C[C@H]1C.CCCOCCOC.CCOCC(C)COC(C)=O.CCOCC(C)COCC.COCCOCC(C)COCCOC.C[C@@H]1CC2CCC1(C)C2(C)C.C[C@H]1CC[C@H]2[C@@H]3CC[C@H]4CC(=O)CC[C@]4(C)[C@H]3CC[C@]12C. The van der Waals surface area contributed by atoms with E-state index in [-0.39, 0.29) is 5.97 Å². The van der Waals surface area contributed by atoms with Gasteiger partial charge in [0.1, 0.15) is 5.78 Å². The molecule has 114 heavy (non-hydrogen) atoms. The number of ether oxygens (including phenoxy) is 10. The number of rotatable bonds is 32. The second-order valence-corrected chi connectivity index (χ2v) is 42.2. The Balaban J connectivity index is 0.000000286. The molecule has 10 saturated carbocycles. The zero-order chi connectivity index (χ0) is 85.0. The number of hydrogen-bond donors (Lipinski definition) is 0. The molecular formula is C102H192O12. The quantitative estimate of drug-likeness (QED) is 0.0361. The molecule has 11 rings (SSSR count). The molecule has 0 amide bonds. The maximum atomic E-state index is 11.9. The summed E-state index contributed by atoms with van der Waals surface area (Å²) in [5, 5.41) is 0. The van der Waals surface area contributed by atoms with Crippen LogP contribution >= 0.6 is 0 Å². The molecule has 0 aromatic rings. The molecule has 0 radical (unpaired) electrons. The molecule has 0 spiro atoms. The summed E-state index contributed by atoms with van der Waals surface area (Å²) in [6.45, 7) is 69.5. The molecule has 0 N–H and O–H groups in total. The molecule has 0 heterocycles. The Bertz CT molecular complexity index is 2560. The largest absolute Gasteiger partial charge is 0.466 e. The monoisotopic (exact) mass is 1610 g/mol. The van der Waals surface area contributed by atoms with Gasteiger partial charge in [-0.1, -0.05) is 183 Å². The lowest BCUT2D eigenvalue weighted by atomic mass is 9.45. The van der Waals surface area contributed by atoms with E-state index in [9.17, 15) is 9.59 Å². The van der Waals surface area contributed by atoms with Crippen LogP contribution in [-0.2, 0) is 57.0 Å². The Hall–Kier alpha value is -1.48. The van der Waals surface area contributed by atoms with Crippen LogP contribution in [0.25, 0.3) is 0 Å². The maximum absolute atomic E-state index is 11.9. The molecule has 672 valence electrons. The van der Waals surface area contributed by atoms with Gasteiger partial charge in [-0.15, -0.1) is 0 Å². The standard InChI is InChI=1S/C28H48.C20H32O.C11H20.C11H22.C10H22O4.C8H16O3.C8H18O2.C6H14O2/c1-19(2)8-7-9-21(4)24-12-13-25-23-11-10-22-18-20(3)14-16-27(22,5)26(23)15-17-28(24,25)6;1-13-4-7-17-16-6-5-14-12-15(21)8-10-20(14,3)18(16)9-11-19(13,17)2;1-8-7-9-5-6-11(8,4)10(9,2)3;1-8(2)11-6-5-9(3)7-10(11)4;1-10(8-13-6-4-11-2)9-14-7-5-12-3;1-4-10-5-7(2)6-11-8(3)9;1-4-9-6-8(3)7-10-5-2;1-3-4-8-6-5-7-2/h10,19-21,23-26H,7-9,11-18H2,1-6H3;13-14,16-18H,4-12H2,1-3H3;8-9H,5-7H2,1-4H3;8-11H,5-7H2,1-4H3;10H,4-9H2,1-3H3;7H,4-6H2,1-3H3;8H,4-7H2,1-3H3;3-6H2,1-2H3/t20?,21-,23+,24-,25+,26+,27+,28-;13-,14-,16-,17-,18-,19+,20-;8-,9?,11?;9-,10-,11+;;;;/m1011..../s1. The summed E-state index contributed by atoms with van der Waals surface area (Å²) in [4.78, 5) is 22.3. The van der Waals surface area contributed by atoms with Crippen molar-refractivity contribution in [3.63, 3.8) is 0 Å². The van der Waals surface area contributed by atoms with Crippen LogP contribution in [0.3, 0.4) is 0 Å². The molecule has 0 aliphatic heterocycles. The van der Waals surface area contributed by atoms with Crippen LogP contribution in [0.2, 0.25) is 0 Å². The van der Waals surface area contributed by atoms with Crippen LogP contribution in [0.15, 0.2) is 11.6 Å². The van der Waals surface area contributed by atoms with Gasteiger partial charge in [-0.3, -0.25) is 9.59 Å². The third-order valence-corrected chi connectivity index (χ3v) is 32.9. The predicted molar refractivity (Wildman–Crippen MR) is 479 cm³/mol. The molecule has 12 heteroatoms. The van der Waals surface area contributed by atoms with E-state index < -0.39 is 0 Å². The highest BCUT2D eigenvalue weighted by molar-refractivity contribution is 5.79. The van der Waals surface area contributed by atoms with Crippen molar-refractivity contribution in [3.8, 4) is 0 Å². The van der Waals surface area contributed by atoms with Gasteiger partial charge in [-0.05, 0) is 295 Å². The molecule has 4 unspecified atom stereocenters. The van der Waals surface area contributed by atoms with Crippen molar-refractivity contribution in [1.82, 2.24) is 0 Å². The minimum Gasteiger partial charge on any atom is -0.466 e. The van der Waals surface area contributed by atoms with Crippen molar-refractivity contribution >= 4 is 11.8 Å². The molecule has 12 nitrogen and oxygen atoms in total. The van der Waals surface area contributed by atoms with E-state index in [1.165, 1.54) is 161 Å². The van der Waals surface area contributed by atoms with Crippen molar-refractivity contribution in [3.05, 3.63) is 11.6 Å². The third kappa shape index (κ3) is 31.1. The van der Waals surface area contributed by atoms with Gasteiger partial charge < -0.3 is 47.4 Å². The van der Waals surface area contributed by atoms with Gasteiger partial charge in [0.2, 0.25) is 0 Å². The molecule has 11 aliphatic rings.